The Labute approximate surface area is 170 Å². The number of rotatable bonds is 8. The van der Waals surface area contributed by atoms with Gasteiger partial charge in [-0.2, -0.15) is 0 Å². The van der Waals surface area contributed by atoms with Crippen LogP contribution in [-0.4, -0.2) is 28.4 Å². The van der Waals surface area contributed by atoms with Crippen molar-refractivity contribution in [2.24, 2.45) is 0 Å². The number of carbonyl (C=O) groups is 1. The molecule has 0 bridgehead atoms. The van der Waals surface area contributed by atoms with Gasteiger partial charge in [-0.25, -0.2) is 4.63 Å². The molecule has 7 nitrogen and oxygen atoms in total. The fourth-order valence-corrected chi connectivity index (χ4v) is 2.70. The average molecular weight is 395 g/mol. The van der Waals surface area contributed by atoms with Crippen LogP contribution >= 0.6 is 0 Å². The third kappa shape index (κ3) is 5.34. The van der Waals surface area contributed by atoms with Crippen LogP contribution in [0.25, 0.3) is 11.3 Å². The quantitative estimate of drug-likeness (QED) is 0.605. The molecule has 0 aliphatic heterocycles. The van der Waals surface area contributed by atoms with E-state index in [1.54, 1.807) is 6.92 Å². The zero-order chi connectivity index (χ0) is 20.8. The van der Waals surface area contributed by atoms with Crippen molar-refractivity contribution in [2.45, 2.75) is 46.3 Å². The molecule has 0 aliphatic carbocycles. The molecule has 1 heterocycles. The number of hydrogen-bond donors (Lipinski definition) is 1. The van der Waals surface area contributed by atoms with Crippen molar-refractivity contribution in [2.75, 3.05) is 5.32 Å². The molecule has 3 aromatic rings. The summed E-state index contributed by atoms with van der Waals surface area (Å²) in [7, 11) is 0. The van der Waals surface area contributed by atoms with Crippen LogP contribution in [0.15, 0.2) is 53.2 Å². The maximum Gasteiger partial charge on any atom is 0.266 e. The second kappa shape index (κ2) is 9.23. The van der Waals surface area contributed by atoms with Gasteiger partial charge in [0.05, 0.1) is 6.10 Å². The van der Waals surface area contributed by atoms with Crippen molar-refractivity contribution in [1.29, 1.82) is 0 Å². The molecule has 2 aromatic carbocycles. The van der Waals surface area contributed by atoms with Gasteiger partial charge in [-0.1, -0.05) is 19.1 Å². The lowest BCUT2D eigenvalue weighted by atomic mass is 10.1. The van der Waals surface area contributed by atoms with Gasteiger partial charge in [0.15, 0.2) is 11.8 Å². The number of aryl methyl sites for hydroxylation is 1. The van der Waals surface area contributed by atoms with E-state index in [0.717, 1.165) is 17.7 Å². The van der Waals surface area contributed by atoms with E-state index >= 15 is 0 Å². The summed E-state index contributed by atoms with van der Waals surface area (Å²) in [4.78, 5) is 12.5. The first-order chi connectivity index (χ1) is 14.0. The third-order valence-electron chi connectivity index (χ3n) is 4.24. The van der Waals surface area contributed by atoms with Gasteiger partial charge in [-0.3, -0.25) is 4.79 Å². The fraction of sp³-hybridized carbons (Fsp3) is 0.318. The summed E-state index contributed by atoms with van der Waals surface area (Å²) in [6, 6.07) is 15.0. The van der Waals surface area contributed by atoms with Crippen LogP contribution < -0.4 is 14.8 Å². The Bertz CT molecular complexity index is 933. The SMILES string of the molecule is CCc1ccc(OC(C)C(=O)Nc2nonc2-c2ccc(OC(C)C)cc2)cc1. The van der Waals surface area contributed by atoms with Gasteiger partial charge >= 0.3 is 0 Å². The van der Waals surface area contributed by atoms with Gasteiger partial charge < -0.3 is 14.8 Å². The van der Waals surface area contributed by atoms with E-state index in [0.29, 0.717) is 11.4 Å². The first kappa shape index (κ1) is 20.4. The molecule has 1 aromatic heterocycles. The first-order valence-electron chi connectivity index (χ1n) is 9.62. The van der Waals surface area contributed by atoms with Crippen molar-refractivity contribution in [3.8, 4) is 22.8 Å². The van der Waals surface area contributed by atoms with Crippen LogP contribution in [0, 0.1) is 0 Å². The molecule has 0 aliphatic rings. The molecule has 0 saturated carbocycles. The number of anilines is 1. The van der Waals surface area contributed by atoms with Crippen molar-refractivity contribution in [1.82, 2.24) is 10.3 Å². The summed E-state index contributed by atoms with van der Waals surface area (Å²) < 4.78 is 16.2. The minimum atomic E-state index is -0.714. The number of benzene rings is 2. The van der Waals surface area contributed by atoms with Crippen LogP contribution in [0.2, 0.25) is 0 Å². The van der Waals surface area contributed by atoms with Crippen molar-refractivity contribution < 1.29 is 18.9 Å². The first-order valence-corrected chi connectivity index (χ1v) is 9.62. The summed E-state index contributed by atoms with van der Waals surface area (Å²) in [5.74, 6) is 1.27. The molecule has 0 fully saturated rings. The van der Waals surface area contributed by atoms with Crippen LogP contribution in [0.5, 0.6) is 11.5 Å². The van der Waals surface area contributed by atoms with E-state index in [4.69, 9.17) is 14.1 Å². The van der Waals surface area contributed by atoms with Crippen LogP contribution in [-0.2, 0) is 11.2 Å². The highest BCUT2D eigenvalue weighted by Crippen LogP contribution is 2.27. The molecule has 7 heteroatoms. The summed E-state index contributed by atoms with van der Waals surface area (Å²) in [6.07, 6.45) is 0.320. The maximum atomic E-state index is 12.5. The van der Waals surface area contributed by atoms with Gasteiger partial charge in [-0.05, 0) is 79.5 Å². The lowest BCUT2D eigenvalue weighted by Crippen LogP contribution is -2.30. The predicted molar refractivity (Wildman–Crippen MR) is 110 cm³/mol. The number of aromatic nitrogens is 2. The summed E-state index contributed by atoms with van der Waals surface area (Å²) in [5, 5.41) is 10.4. The molecule has 1 N–H and O–H groups in total. The highest BCUT2D eigenvalue weighted by molar-refractivity contribution is 5.95. The van der Waals surface area contributed by atoms with Crippen molar-refractivity contribution >= 4 is 11.7 Å². The van der Waals surface area contributed by atoms with Gasteiger partial charge in [0, 0.05) is 5.56 Å². The fourth-order valence-electron chi connectivity index (χ4n) is 2.70. The standard InChI is InChI=1S/C22H25N3O4/c1-5-16-6-10-19(11-7-16)28-15(4)22(26)23-21-20(24-29-25-21)17-8-12-18(13-9-17)27-14(2)3/h6-15H,5H2,1-4H3,(H,23,25,26). The molecule has 0 radical (unpaired) electrons. The predicted octanol–water partition coefficient (Wildman–Crippen LogP) is 4.49. The Balaban J connectivity index is 1.66. The molecular formula is C22H25N3O4. The zero-order valence-corrected chi connectivity index (χ0v) is 17.0. The molecule has 3 rings (SSSR count). The number of nitrogens with one attached hydrogen (secondary N) is 1. The molecule has 1 amide bonds. The average Bonchev–Trinajstić information content (AvgIpc) is 3.16. The number of hydrogen-bond acceptors (Lipinski definition) is 6. The summed E-state index contributed by atoms with van der Waals surface area (Å²) >= 11 is 0. The smallest absolute Gasteiger partial charge is 0.266 e. The highest BCUT2D eigenvalue weighted by atomic mass is 16.6. The molecule has 0 spiro atoms. The topological polar surface area (TPSA) is 86.5 Å². The lowest BCUT2D eigenvalue weighted by Gasteiger charge is -2.14. The van der Waals surface area contributed by atoms with E-state index in [9.17, 15) is 4.79 Å². The molecular weight excluding hydrogens is 370 g/mol. The Morgan fingerprint density at radius 3 is 2.21 bits per heavy atom. The van der Waals surface area contributed by atoms with E-state index in [1.807, 2.05) is 62.4 Å². The molecule has 0 saturated heterocycles. The second-order valence-corrected chi connectivity index (χ2v) is 6.90. The van der Waals surface area contributed by atoms with Crippen molar-refractivity contribution in [3.63, 3.8) is 0 Å². The highest BCUT2D eigenvalue weighted by Gasteiger charge is 2.20. The molecule has 152 valence electrons. The third-order valence-corrected chi connectivity index (χ3v) is 4.24. The van der Waals surface area contributed by atoms with Gasteiger partial charge in [-0.15, -0.1) is 0 Å². The number of ether oxygens (including phenoxy) is 2. The zero-order valence-electron chi connectivity index (χ0n) is 17.0. The van der Waals surface area contributed by atoms with Crippen LogP contribution in [0.3, 0.4) is 0 Å². The summed E-state index contributed by atoms with van der Waals surface area (Å²) in [6.45, 7) is 7.68. The van der Waals surface area contributed by atoms with E-state index < -0.39 is 6.10 Å². The lowest BCUT2D eigenvalue weighted by molar-refractivity contribution is -0.122. The van der Waals surface area contributed by atoms with E-state index in [1.165, 1.54) is 5.56 Å². The minimum absolute atomic E-state index is 0.0871. The van der Waals surface area contributed by atoms with E-state index in [2.05, 4.69) is 22.6 Å². The van der Waals surface area contributed by atoms with E-state index in [-0.39, 0.29) is 17.8 Å². The Kier molecular flexibility index (Phi) is 6.49. The van der Waals surface area contributed by atoms with Crippen LogP contribution in [0.1, 0.15) is 33.3 Å². The number of nitrogens with zero attached hydrogens (tertiary/aromatic N) is 2. The normalized spacial score (nSPS) is 11.9. The number of amides is 1. The maximum absolute atomic E-state index is 12.5. The Morgan fingerprint density at radius 1 is 0.966 bits per heavy atom. The minimum Gasteiger partial charge on any atom is -0.491 e. The Morgan fingerprint density at radius 2 is 1.59 bits per heavy atom. The number of carbonyl (C=O) groups excluding carboxylic acids is 1. The summed E-state index contributed by atoms with van der Waals surface area (Å²) in [5.41, 5.74) is 2.40. The molecule has 1 atom stereocenters. The van der Waals surface area contributed by atoms with Gasteiger partial charge in [0.1, 0.15) is 11.5 Å². The second-order valence-electron chi connectivity index (χ2n) is 6.90. The monoisotopic (exact) mass is 395 g/mol. The van der Waals surface area contributed by atoms with Gasteiger partial charge in [0.2, 0.25) is 5.82 Å². The molecule has 29 heavy (non-hydrogen) atoms. The van der Waals surface area contributed by atoms with Crippen molar-refractivity contribution in [3.05, 3.63) is 54.1 Å². The van der Waals surface area contributed by atoms with Crippen LogP contribution in [0.4, 0.5) is 5.82 Å². The molecule has 1 unspecified atom stereocenters. The Hall–Kier alpha value is -3.35. The largest absolute Gasteiger partial charge is 0.491 e. The van der Waals surface area contributed by atoms with Gasteiger partial charge in [0.25, 0.3) is 5.91 Å².